The second-order valence-corrected chi connectivity index (χ2v) is 8.12. The van der Waals surface area contributed by atoms with Gasteiger partial charge in [-0.3, -0.25) is 9.69 Å². The minimum atomic E-state index is -0.0711. The van der Waals surface area contributed by atoms with Crippen molar-refractivity contribution < 1.29 is 4.79 Å². The van der Waals surface area contributed by atoms with Gasteiger partial charge >= 0.3 is 0 Å². The standard InChI is InChI=1S/C19H23N5OS/c1-14-5-6-16(26-14)12-23-8-9-24-11-15(21-18(24)13-23)10-20-19(25)17-4-3-7-22(17)2/h3-7,11H,8-10,12-13H2,1-2H3,(H,20,25). The van der Waals surface area contributed by atoms with Crippen LogP contribution < -0.4 is 5.32 Å². The van der Waals surface area contributed by atoms with Crippen LogP contribution in [0.25, 0.3) is 0 Å². The maximum atomic E-state index is 12.2. The highest BCUT2D eigenvalue weighted by atomic mass is 32.1. The Labute approximate surface area is 157 Å². The number of thiophene rings is 1. The van der Waals surface area contributed by atoms with Crippen LogP contribution in [-0.2, 0) is 33.2 Å². The summed E-state index contributed by atoms with van der Waals surface area (Å²) in [5.41, 5.74) is 1.57. The second-order valence-electron chi connectivity index (χ2n) is 6.75. The molecular formula is C19H23N5OS. The SMILES string of the molecule is Cc1ccc(CN2CCn3cc(CNC(=O)c4cccn4C)nc3C2)s1. The first-order chi connectivity index (χ1) is 12.6. The summed E-state index contributed by atoms with van der Waals surface area (Å²) in [6, 6.07) is 8.08. The number of hydrogen-bond donors (Lipinski definition) is 1. The molecule has 0 saturated carbocycles. The Morgan fingerprint density at radius 1 is 1.31 bits per heavy atom. The number of imidazole rings is 1. The van der Waals surface area contributed by atoms with Crippen molar-refractivity contribution in [3.05, 3.63) is 63.6 Å². The van der Waals surface area contributed by atoms with E-state index >= 15 is 0 Å². The first-order valence-corrected chi connectivity index (χ1v) is 9.62. The average molecular weight is 369 g/mol. The van der Waals surface area contributed by atoms with Gasteiger partial charge in [-0.25, -0.2) is 4.98 Å². The highest BCUT2D eigenvalue weighted by Crippen LogP contribution is 2.20. The van der Waals surface area contributed by atoms with E-state index in [-0.39, 0.29) is 5.91 Å². The summed E-state index contributed by atoms with van der Waals surface area (Å²) in [4.78, 5) is 22.1. The van der Waals surface area contributed by atoms with Crippen LogP contribution in [0.3, 0.4) is 0 Å². The molecule has 6 nitrogen and oxygen atoms in total. The number of nitrogens with zero attached hydrogens (tertiary/aromatic N) is 4. The van der Waals surface area contributed by atoms with Gasteiger partial charge < -0.3 is 14.5 Å². The molecule has 0 atom stereocenters. The maximum Gasteiger partial charge on any atom is 0.268 e. The first kappa shape index (κ1) is 17.1. The van der Waals surface area contributed by atoms with Crippen LogP contribution in [0.5, 0.6) is 0 Å². The van der Waals surface area contributed by atoms with E-state index in [1.54, 1.807) is 0 Å². The zero-order valence-corrected chi connectivity index (χ0v) is 15.9. The van der Waals surface area contributed by atoms with E-state index in [4.69, 9.17) is 4.98 Å². The molecule has 26 heavy (non-hydrogen) atoms. The van der Waals surface area contributed by atoms with Crippen LogP contribution >= 0.6 is 11.3 Å². The summed E-state index contributed by atoms with van der Waals surface area (Å²) >= 11 is 1.86. The molecule has 3 aromatic rings. The highest BCUT2D eigenvalue weighted by molar-refractivity contribution is 7.11. The first-order valence-electron chi connectivity index (χ1n) is 8.80. The Balaban J connectivity index is 1.36. The highest BCUT2D eigenvalue weighted by Gasteiger charge is 2.19. The molecule has 4 heterocycles. The molecule has 1 N–H and O–H groups in total. The van der Waals surface area contributed by atoms with Gasteiger partial charge in [-0.2, -0.15) is 0 Å². The molecule has 0 radical (unpaired) electrons. The number of fused-ring (bicyclic) bond motifs is 1. The minimum Gasteiger partial charge on any atom is -0.347 e. The number of carbonyl (C=O) groups is 1. The van der Waals surface area contributed by atoms with Crippen molar-refractivity contribution in [3.8, 4) is 0 Å². The fraction of sp³-hybridized carbons (Fsp3) is 0.368. The van der Waals surface area contributed by atoms with E-state index in [0.29, 0.717) is 12.2 Å². The van der Waals surface area contributed by atoms with E-state index in [1.165, 1.54) is 9.75 Å². The summed E-state index contributed by atoms with van der Waals surface area (Å²) in [5, 5.41) is 2.96. The third-order valence-electron chi connectivity index (χ3n) is 4.71. The Morgan fingerprint density at radius 2 is 2.19 bits per heavy atom. The lowest BCUT2D eigenvalue weighted by Crippen LogP contribution is -2.32. The summed E-state index contributed by atoms with van der Waals surface area (Å²) < 4.78 is 4.03. The van der Waals surface area contributed by atoms with Crippen molar-refractivity contribution in [1.29, 1.82) is 0 Å². The predicted molar refractivity (Wildman–Crippen MR) is 102 cm³/mol. The van der Waals surface area contributed by atoms with E-state index in [0.717, 1.165) is 37.7 Å². The topological polar surface area (TPSA) is 55.1 Å². The number of hydrogen-bond acceptors (Lipinski definition) is 4. The lowest BCUT2D eigenvalue weighted by atomic mass is 10.3. The third-order valence-corrected chi connectivity index (χ3v) is 5.70. The molecule has 0 aliphatic carbocycles. The lowest BCUT2D eigenvalue weighted by molar-refractivity contribution is 0.0942. The molecule has 1 aliphatic heterocycles. The average Bonchev–Trinajstić information content (AvgIpc) is 3.32. The Bertz CT molecular complexity index is 922. The molecule has 7 heteroatoms. The van der Waals surface area contributed by atoms with Crippen LogP contribution in [-0.4, -0.2) is 31.5 Å². The molecule has 0 unspecified atom stereocenters. The van der Waals surface area contributed by atoms with Crippen LogP contribution in [0.1, 0.15) is 31.8 Å². The van der Waals surface area contributed by atoms with Crippen molar-refractivity contribution in [2.45, 2.75) is 33.1 Å². The molecule has 0 fully saturated rings. The lowest BCUT2D eigenvalue weighted by Gasteiger charge is -2.26. The quantitative estimate of drug-likeness (QED) is 0.752. The summed E-state index contributed by atoms with van der Waals surface area (Å²) in [6.45, 7) is 6.39. The number of rotatable bonds is 5. The van der Waals surface area contributed by atoms with Crippen LogP contribution in [0.15, 0.2) is 36.7 Å². The molecule has 1 amide bonds. The number of carbonyl (C=O) groups excluding carboxylic acids is 1. The van der Waals surface area contributed by atoms with Gasteiger partial charge in [-0.1, -0.05) is 0 Å². The Kier molecular flexibility index (Phi) is 4.65. The molecular weight excluding hydrogens is 346 g/mol. The second kappa shape index (κ2) is 7.09. The number of nitrogens with one attached hydrogen (secondary N) is 1. The van der Waals surface area contributed by atoms with Gasteiger partial charge in [0.15, 0.2) is 0 Å². The van der Waals surface area contributed by atoms with Crippen molar-refractivity contribution >= 4 is 17.2 Å². The molecule has 136 valence electrons. The zero-order valence-electron chi connectivity index (χ0n) is 15.1. The molecule has 0 saturated heterocycles. The van der Waals surface area contributed by atoms with Gasteiger partial charge in [0.25, 0.3) is 5.91 Å². The molecule has 0 aromatic carbocycles. The van der Waals surface area contributed by atoms with E-state index < -0.39 is 0 Å². The van der Waals surface area contributed by atoms with Crippen molar-refractivity contribution in [1.82, 2.24) is 24.3 Å². The third kappa shape index (κ3) is 3.59. The van der Waals surface area contributed by atoms with Gasteiger partial charge in [0, 0.05) is 48.8 Å². The summed E-state index contributed by atoms with van der Waals surface area (Å²) in [7, 11) is 1.87. The van der Waals surface area contributed by atoms with E-state index in [1.807, 2.05) is 41.3 Å². The Morgan fingerprint density at radius 3 is 2.92 bits per heavy atom. The molecule has 0 bridgehead atoms. The van der Waals surface area contributed by atoms with Crippen molar-refractivity contribution in [3.63, 3.8) is 0 Å². The molecule has 4 rings (SSSR count). The van der Waals surface area contributed by atoms with Gasteiger partial charge in [0.05, 0.1) is 18.8 Å². The Hall–Kier alpha value is -2.38. The van der Waals surface area contributed by atoms with Gasteiger partial charge in [-0.15, -0.1) is 11.3 Å². The molecule has 3 aromatic heterocycles. The number of aryl methyl sites for hydroxylation is 2. The van der Waals surface area contributed by atoms with Gasteiger partial charge in [0.2, 0.25) is 0 Å². The van der Waals surface area contributed by atoms with Crippen LogP contribution in [0.4, 0.5) is 0 Å². The maximum absolute atomic E-state index is 12.2. The summed E-state index contributed by atoms with van der Waals surface area (Å²) in [6.07, 6.45) is 3.93. The van der Waals surface area contributed by atoms with Gasteiger partial charge in [-0.05, 0) is 31.2 Å². The molecule has 0 spiro atoms. The van der Waals surface area contributed by atoms with Crippen LogP contribution in [0, 0.1) is 6.92 Å². The number of aromatic nitrogens is 3. The number of amides is 1. The normalized spacial score (nSPS) is 14.4. The van der Waals surface area contributed by atoms with Gasteiger partial charge in [0.1, 0.15) is 11.5 Å². The van der Waals surface area contributed by atoms with E-state index in [9.17, 15) is 4.79 Å². The van der Waals surface area contributed by atoms with Crippen molar-refractivity contribution in [2.24, 2.45) is 7.05 Å². The largest absolute Gasteiger partial charge is 0.347 e. The zero-order chi connectivity index (χ0) is 18.1. The van der Waals surface area contributed by atoms with E-state index in [2.05, 4.69) is 40.0 Å². The molecule has 1 aliphatic rings. The van der Waals surface area contributed by atoms with Crippen LogP contribution in [0.2, 0.25) is 0 Å². The fourth-order valence-corrected chi connectivity index (χ4v) is 4.26. The van der Waals surface area contributed by atoms with Crippen molar-refractivity contribution in [2.75, 3.05) is 6.54 Å². The minimum absolute atomic E-state index is 0.0711. The monoisotopic (exact) mass is 369 g/mol. The fourth-order valence-electron chi connectivity index (χ4n) is 3.33. The smallest absolute Gasteiger partial charge is 0.268 e. The summed E-state index contributed by atoms with van der Waals surface area (Å²) in [5.74, 6) is 1.01. The predicted octanol–water partition coefficient (Wildman–Crippen LogP) is 2.54.